The molecule has 0 radical (unpaired) electrons. The molecule has 156 valence electrons. The van der Waals surface area contributed by atoms with Crippen LogP contribution in [-0.4, -0.2) is 60.7 Å². The molecule has 9 nitrogen and oxygen atoms in total. The number of benzene rings is 1. The van der Waals surface area contributed by atoms with Gasteiger partial charge >= 0.3 is 0 Å². The van der Waals surface area contributed by atoms with Gasteiger partial charge in [0.1, 0.15) is 0 Å². The molecule has 2 aliphatic heterocycles. The molecule has 1 aromatic carbocycles. The van der Waals surface area contributed by atoms with E-state index in [2.05, 4.69) is 0 Å². The average molecular weight is 433 g/mol. The quantitative estimate of drug-likeness (QED) is 0.552. The van der Waals surface area contributed by atoms with Crippen molar-refractivity contribution in [3.63, 3.8) is 0 Å². The molecule has 2 fully saturated rings. The Hall–Kier alpha value is -1.75. The molecule has 2 N–H and O–H groups in total. The van der Waals surface area contributed by atoms with Crippen molar-refractivity contribution in [2.75, 3.05) is 26.2 Å². The number of nitro benzene ring substituents is 1. The third kappa shape index (κ3) is 4.45. The van der Waals surface area contributed by atoms with Gasteiger partial charge in [-0.1, -0.05) is 0 Å². The van der Waals surface area contributed by atoms with E-state index in [0.717, 1.165) is 12.8 Å². The Labute approximate surface area is 170 Å². The second kappa shape index (κ2) is 9.17. The van der Waals surface area contributed by atoms with Crippen LogP contribution >= 0.6 is 12.4 Å². The summed E-state index contributed by atoms with van der Waals surface area (Å²) in [6.45, 7) is 1.56. The number of non-ortho nitro benzene ring substituents is 1. The Morgan fingerprint density at radius 1 is 1.18 bits per heavy atom. The lowest BCUT2D eigenvalue weighted by molar-refractivity contribution is -0.384. The molecule has 2 aliphatic rings. The van der Waals surface area contributed by atoms with Gasteiger partial charge in [0.15, 0.2) is 0 Å². The summed E-state index contributed by atoms with van der Waals surface area (Å²) in [6, 6.07) is 4.87. The molecule has 1 aromatic rings. The molecular weight excluding hydrogens is 408 g/mol. The Balaban J connectivity index is 0.00000280. The van der Waals surface area contributed by atoms with Crippen LogP contribution in [-0.2, 0) is 14.8 Å². The van der Waals surface area contributed by atoms with Gasteiger partial charge in [-0.05, 0) is 37.8 Å². The standard InChI is InChI=1S/C17H24N4O5S.ClH/c18-11-15-4-2-10-20(15)17(22)13-3-1-9-19(12-13)27(25,26)16-7-5-14(6-8-16)21(23)24;/h5-8,13,15H,1-4,9-12,18H2;1H. The van der Waals surface area contributed by atoms with Crippen LogP contribution in [0, 0.1) is 16.0 Å². The maximum absolute atomic E-state index is 12.9. The molecule has 0 saturated carbocycles. The van der Waals surface area contributed by atoms with Gasteiger partial charge in [0.25, 0.3) is 5.69 Å². The van der Waals surface area contributed by atoms with E-state index in [1.807, 2.05) is 0 Å². The Morgan fingerprint density at radius 3 is 2.43 bits per heavy atom. The van der Waals surface area contributed by atoms with Crippen molar-refractivity contribution >= 4 is 34.0 Å². The summed E-state index contributed by atoms with van der Waals surface area (Å²) >= 11 is 0. The summed E-state index contributed by atoms with van der Waals surface area (Å²) in [4.78, 5) is 24.9. The zero-order valence-corrected chi connectivity index (χ0v) is 17.0. The largest absolute Gasteiger partial charge is 0.338 e. The van der Waals surface area contributed by atoms with Crippen molar-refractivity contribution in [2.45, 2.75) is 36.6 Å². The smallest absolute Gasteiger partial charge is 0.269 e. The first-order chi connectivity index (χ1) is 12.8. The number of carbonyl (C=O) groups excluding carboxylic acids is 1. The third-order valence-corrected chi connectivity index (χ3v) is 7.23. The zero-order valence-electron chi connectivity index (χ0n) is 15.4. The lowest BCUT2D eigenvalue weighted by Crippen LogP contribution is -2.49. The van der Waals surface area contributed by atoms with Gasteiger partial charge in [-0.2, -0.15) is 4.31 Å². The number of hydrogen-bond donors (Lipinski definition) is 1. The van der Waals surface area contributed by atoms with Gasteiger partial charge in [0, 0.05) is 44.4 Å². The number of likely N-dealkylation sites (tertiary alicyclic amines) is 1. The minimum atomic E-state index is -3.80. The first-order valence-electron chi connectivity index (χ1n) is 9.09. The number of halogens is 1. The summed E-state index contributed by atoms with van der Waals surface area (Å²) in [7, 11) is -3.80. The van der Waals surface area contributed by atoms with Crippen LogP contribution < -0.4 is 5.73 Å². The first kappa shape index (κ1) is 22.5. The topological polar surface area (TPSA) is 127 Å². The van der Waals surface area contributed by atoms with Gasteiger partial charge in [-0.25, -0.2) is 8.42 Å². The Bertz CT molecular complexity index is 817. The number of piperidine rings is 1. The molecule has 1 amide bonds. The lowest BCUT2D eigenvalue weighted by Gasteiger charge is -2.34. The van der Waals surface area contributed by atoms with Gasteiger partial charge in [-0.15, -0.1) is 12.4 Å². The van der Waals surface area contributed by atoms with Crippen LogP contribution in [0.1, 0.15) is 25.7 Å². The number of hydrogen-bond acceptors (Lipinski definition) is 6. The number of sulfonamides is 1. The monoisotopic (exact) mass is 432 g/mol. The van der Waals surface area contributed by atoms with E-state index < -0.39 is 14.9 Å². The second-order valence-corrected chi connectivity index (χ2v) is 8.95. The molecule has 0 aromatic heterocycles. The Morgan fingerprint density at radius 2 is 1.82 bits per heavy atom. The predicted molar refractivity (Wildman–Crippen MR) is 106 cm³/mol. The molecule has 0 aliphatic carbocycles. The number of nitrogens with zero attached hydrogens (tertiary/aromatic N) is 3. The fraction of sp³-hybridized carbons (Fsp3) is 0.588. The van der Waals surface area contributed by atoms with Gasteiger partial charge in [0.2, 0.25) is 15.9 Å². The molecule has 0 bridgehead atoms. The number of amides is 1. The highest BCUT2D eigenvalue weighted by atomic mass is 35.5. The maximum Gasteiger partial charge on any atom is 0.269 e. The van der Waals surface area contributed by atoms with E-state index in [1.54, 1.807) is 4.90 Å². The highest BCUT2D eigenvalue weighted by Crippen LogP contribution is 2.28. The lowest BCUT2D eigenvalue weighted by atomic mass is 9.97. The van der Waals surface area contributed by atoms with Crippen molar-refractivity contribution in [2.24, 2.45) is 11.7 Å². The highest BCUT2D eigenvalue weighted by molar-refractivity contribution is 7.89. The van der Waals surface area contributed by atoms with Gasteiger partial charge in [-0.3, -0.25) is 14.9 Å². The van der Waals surface area contributed by atoms with Crippen molar-refractivity contribution in [3.8, 4) is 0 Å². The molecule has 2 atom stereocenters. The summed E-state index contributed by atoms with van der Waals surface area (Å²) in [5.41, 5.74) is 5.59. The van der Waals surface area contributed by atoms with Crippen LogP contribution in [0.2, 0.25) is 0 Å². The molecule has 3 rings (SSSR count). The van der Waals surface area contributed by atoms with Crippen molar-refractivity contribution in [1.29, 1.82) is 0 Å². The summed E-state index contributed by atoms with van der Waals surface area (Å²) in [5, 5.41) is 10.8. The number of nitrogens with two attached hydrogens (primary N) is 1. The SMILES string of the molecule is Cl.NCC1CCCN1C(=O)C1CCCN(S(=O)(=O)c2ccc([N+](=O)[O-])cc2)C1. The van der Waals surface area contributed by atoms with Gasteiger partial charge in [0.05, 0.1) is 15.7 Å². The van der Waals surface area contributed by atoms with Crippen LogP contribution in [0.4, 0.5) is 5.69 Å². The average Bonchev–Trinajstić information content (AvgIpc) is 3.16. The molecule has 2 saturated heterocycles. The van der Waals surface area contributed by atoms with E-state index in [9.17, 15) is 23.3 Å². The van der Waals surface area contributed by atoms with Crippen LogP contribution in [0.25, 0.3) is 0 Å². The molecule has 11 heteroatoms. The third-order valence-electron chi connectivity index (χ3n) is 5.35. The molecule has 2 unspecified atom stereocenters. The summed E-state index contributed by atoms with van der Waals surface area (Å²) in [6.07, 6.45) is 3.06. The van der Waals surface area contributed by atoms with Crippen LogP contribution in [0.3, 0.4) is 0 Å². The number of carbonyl (C=O) groups is 1. The molecule has 0 spiro atoms. The Kier molecular flexibility index (Phi) is 7.38. The normalized spacial score (nSPS) is 23.2. The number of nitro groups is 1. The van der Waals surface area contributed by atoms with Crippen molar-refractivity contribution < 1.29 is 18.1 Å². The zero-order chi connectivity index (χ0) is 19.6. The second-order valence-electron chi connectivity index (χ2n) is 7.02. The van der Waals surface area contributed by atoms with Crippen molar-refractivity contribution in [3.05, 3.63) is 34.4 Å². The van der Waals surface area contributed by atoms with E-state index in [1.165, 1.54) is 28.6 Å². The van der Waals surface area contributed by atoms with E-state index >= 15 is 0 Å². The minimum absolute atomic E-state index is 0. The predicted octanol–water partition coefficient (Wildman–Crippen LogP) is 1.37. The molecule has 28 heavy (non-hydrogen) atoms. The number of rotatable bonds is 5. The van der Waals surface area contributed by atoms with E-state index in [-0.39, 0.29) is 47.4 Å². The van der Waals surface area contributed by atoms with E-state index in [0.29, 0.717) is 32.5 Å². The fourth-order valence-corrected chi connectivity index (χ4v) is 5.38. The van der Waals surface area contributed by atoms with Gasteiger partial charge < -0.3 is 10.6 Å². The van der Waals surface area contributed by atoms with E-state index in [4.69, 9.17) is 5.73 Å². The van der Waals surface area contributed by atoms with Crippen LogP contribution in [0.15, 0.2) is 29.2 Å². The maximum atomic E-state index is 12.9. The first-order valence-corrected chi connectivity index (χ1v) is 10.5. The minimum Gasteiger partial charge on any atom is -0.338 e. The fourth-order valence-electron chi connectivity index (χ4n) is 3.86. The highest BCUT2D eigenvalue weighted by Gasteiger charge is 2.37. The summed E-state index contributed by atoms with van der Waals surface area (Å²) in [5.74, 6) is -0.398. The van der Waals surface area contributed by atoms with Crippen LogP contribution in [0.5, 0.6) is 0 Å². The molecule has 2 heterocycles. The molecular formula is C17H25ClN4O5S. The summed E-state index contributed by atoms with van der Waals surface area (Å²) < 4.78 is 27.1. The van der Waals surface area contributed by atoms with Crippen molar-refractivity contribution in [1.82, 2.24) is 9.21 Å².